The van der Waals surface area contributed by atoms with Gasteiger partial charge in [0.15, 0.2) is 5.11 Å². The maximum Gasteiger partial charge on any atom is 0.232 e. The van der Waals surface area contributed by atoms with Crippen LogP contribution in [0.5, 0.6) is 0 Å². The van der Waals surface area contributed by atoms with Crippen LogP contribution in [0, 0.1) is 0 Å². The van der Waals surface area contributed by atoms with E-state index < -0.39 is 0 Å². The summed E-state index contributed by atoms with van der Waals surface area (Å²) in [6.07, 6.45) is 3.66. The highest BCUT2D eigenvalue weighted by molar-refractivity contribution is 7.80. The molecule has 3 heterocycles. The number of piperidine rings is 1. The Bertz CT molecular complexity index is 1140. The first kappa shape index (κ1) is 24.6. The summed E-state index contributed by atoms with van der Waals surface area (Å²) in [4.78, 5) is 16.9. The molecule has 3 aromatic rings. The van der Waals surface area contributed by atoms with Crippen LogP contribution in [0.4, 0.5) is 23.3 Å². The number of hydrogen-bond donors (Lipinski definition) is 2. The molecule has 2 aliphatic rings. The van der Waals surface area contributed by atoms with Crippen molar-refractivity contribution in [3.05, 3.63) is 71.2 Å². The quantitative estimate of drug-likeness (QED) is 0.443. The number of nitrogens with one attached hydrogen (secondary N) is 2. The Morgan fingerprint density at radius 2 is 1.39 bits per heavy atom. The van der Waals surface area contributed by atoms with E-state index in [9.17, 15) is 0 Å². The second kappa shape index (κ2) is 11.8. The fourth-order valence-electron chi connectivity index (χ4n) is 4.69. The number of anilines is 4. The van der Waals surface area contributed by atoms with Gasteiger partial charge in [0, 0.05) is 62.6 Å². The summed E-state index contributed by atoms with van der Waals surface area (Å²) in [5.74, 6) is 2.45. The monoisotopic (exact) mass is 521 g/mol. The lowest BCUT2D eigenvalue weighted by atomic mass is 10.1. The molecule has 0 aliphatic carbocycles. The Labute approximate surface area is 223 Å². The SMILES string of the molecule is S=C(NCc1ccc(Cl)cc1)Nc1nc(N2CCCCC2)cc(N2CCN(c3ccccc3)CC2)n1. The molecule has 2 aromatic carbocycles. The van der Waals surface area contributed by atoms with Crippen molar-refractivity contribution in [2.24, 2.45) is 0 Å². The van der Waals surface area contributed by atoms with Crippen LogP contribution in [0.3, 0.4) is 0 Å². The predicted molar refractivity (Wildman–Crippen MR) is 153 cm³/mol. The average Bonchev–Trinajstić information content (AvgIpc) is 2.94. The maximum atomic E-state index is 5.99. The summed E-state index contributed by atoms with van der Waals surface area (Å²) in [5.41, 5.74) is 2.37. The molecule has 0 amide bonds. The van der Waals surface area contributed by atoms with E-state index in [0.717, 1.165) is 61.5 Å². The molecule has 0 radical (unpaired) electrons. The van der Waals surface area contributed by atoms with E-state index in [4.69, 9.17) is 33.8 Å². The summed E-state index contributed by atoms with van der Waals surface area (Å²) < 4.78 is 0. The van der Waals surface area contributed by atoms with Crippen LogP contribution in [0.15, 0.2) is 60.7 Å². The first-order valence-corrected chi connectivity index (χ1v) is 13.4. The molecule has 7 nitrogen and oxygen atoms in total. The number of benzene rings is 2. The molecule has 2 fully saturated rings. The average molecular weight is 522 g/mol. The van der Waals surface area contributed by atoms with Gasteiger partial charge in [0.25, 0.3) is 0 Å². The van der Waals surface area contributed by atoms with Gasteiger partial charge in [-0.2, -0.15) is 9.97 Å². The number of rotatable bonds is 6. The van der Waals surface area contributed by atoms with E-state index in [1.807, 2.05) is 24.3 Å². The zero-order chi connectivity index (χ0) is 24.7. The van der Waals surface area contributed by atoms with Gasteiger partial charge in [0.05, 0.1) is 0 Å². The predicted octanol–water partition coefficient (Wildman–Crippen LogP) is 4.93. The highest BCUT2D eigenvalue weighted by Gasteiger charge is 2.22. The number of hydrogen-bond acceptors (Lipinski definition) is 6. The van der Waals surface area contributed by atoms with Crippen molar-refractivity contribution >= 4 is 52.2 Å². The summed E-state index contributed by atoms with van der Waals surface area (Å²) in [6.45, 7) is 6.37. The van der Waals surface area contributed by atoms with E-state index in [-0.39, 0.29) is 0 Å². The second-order valence-corrected chi connectivity index (χ2v) is 10.0. The zero-order valence-corrected chi connectivity index (χ0v) is 21.9. The fourth-order valence-corrected chi connectivity index (χ4v) is 4.98. The number of nitrogens with zero attached hydrogens (tertiary/aromatic N) is 5. The summed E-state index contributed by atoms with van der Waals surface area (Å²) in [7, 11) is 0. The minimum Gasteiger partial charge on any atom is -0.368 e. The molecule has 5 rings (SSSR count). The van der Waals surface area contributed by atoms with Gasteiger partial charge in [0.1, 0.15) is 11.6 Å². The minimum absolute atomic E-state index is 0.501. The third kappa shape index (κ3) is 6.36. The largest absolute Gasteiger partial charge is 0.368 e. The van der Waals surface area contributed by atoms with Crippen molar-refractivity contribution in [2.75, 3.05) is 59.3 Å². The Balaban J connectivity index is 1.28. The van der Waals surface area contributed by atoms with E-state index >= 15 is 0 Å². The van der Waals surface area contributed by atoms with Crippen LogP contribution >= 0.6 is 23.8 Å². The molecule has 36 heavy (non-hydrogen) atoms. The number of para-hydroxylation sites is 1. The molecule has 0 saturated carbocycles. The van der Waals surface area contributed by atoms with Crippen molar-refractivity contribution in [3.63, 3.8) is 0 Å². The normalized spacial score (nSPS) is 16.1. The number of aromatic nitrogens is 2. The van der Waals surface area contributed by atoms with Crippen LogP contribution in [-0.4, -0.2) is 54.3 Å². The zero-order valence-electron chi connectivity index (χ0n) is 20.4. The Kier molecular flexibility index (Phi) is 8.03. The highest BCUT2D eigenvalue weighted by Crippen LogP contribution is 2.26. The van der Waals surface area contributed by atoms with Crippen molar-refractivity contribution in [2.45, 2.75) is 25.8 Å². The Hall–Kier alpha value is -3.10. The summed E-state index contributed by atoms with van der Waals surface area (Å²) >= 11 is 11.6. The summed E-state index contributed by atoms with van der Waals surface area (Å²) in [5, 5.41) is 7.70. The van der Waals surface area contributed by atoms with Gasteiger partial charge >= 0.3 is 0 Å². The topological polar surface area (TPSA) is 59.6 Å². The van der Waals surface area contributed by atoms with Crippen LogP contribution < -0.4 is 25.3 Å². The van der Waals surface area contributed by atoms with Gasteiger partial charge in [-0.15, -0.1) is 0 Å². The minimum atomic E-state index is 0.501. The van der Waals surface area contributed by atoms with Gasteiger partial charge in [-0.1, -0.05) is 41.9 Å². The van der Waals surface area contributed by atoms with E-state index in [2.05, 4.69) is 61.7 Å². The van der Waals surface area contributed by atoms with Gasteiger partial charge in [0.2, 0.25) is 5.95 Å². The van der Waals surface area contributed by atoms with Gasteiger partial charge in [-0.3, -0.25) is 0 Å². The lowest BCUT2D eigenvalue weighted by Crippen LogP contribution is -2.47. The van der Waals surface area contributed by atoms with Crippen molar-refractivity contribution < 1.29 is 0 Å². The smallest absolute Gasteiger partial charge is 0.232 e. The van der Waals surface area contributed by atoms with Crippen LogP contribution in [0.1, 0.15) is 24.8 Å². The van der Waals surface area contributed by atoms with Crippen molar-refractivity contribution in [1.82, 2.24) is 15.3 Å². The van der Waals surface area contributed by atoms with E-state index in [1.54, 1.807) is 0 Å². The maximum absolute atomic E-state index is 5.99. The molecule has 0 unspecified atom stereocenters. The molecule has 9 heteroatoms. The molecule has 0 atom stereocenters. The molecule has 0 bridgehead atoms. The van der Waals surface area contributed by atoms with E-state index in [0.29, 0.717) is 17.6 Å². The highest BCUT2D eigenvalue weighted by atomic mass is 35.5. The third-order valence-electron chi connectivity index (χ3n) is 6.70. The molecule has 2 aliphatic heterocycles. The number of piperazine rings is 1. The van der Waals surface area contributed by atoms with Crippen LogP contribution in [0.2, 0.25) is 5.02 Å². The molecule has 1 aromatic heterocycles. The van der Waals surface area contributed by atoms with Gasteiger partial charge in [-0.25, -0.2) is 0 Å². The molecule has 2 saturated heterocycles. The van der Waals surface area contributed by atoms with Crippen LogP contribution in [-0.2, 0) is 6.54 Å². The summed E-state index contributed by atoms with van der Waals surface area (Å²) in [6, 6.07) is 20.5. The van der Waals surface area contributed by atoms with Gasteiger partial charge < -0.3 is 25.3 Å². The van der Waals surface area contributed by atoms with Crippen molar-refractivity contribution in [3.8, 4) is 0 Å². The second-order valence-electron chi connectivity index (χ2n) is 9.20. The standard InChI is InChI=1S/C27H32ClN7S/c28-22-11-9-21(10-12-22)20-29-27(36)32-26-30-24(34-13-5-2-6-14-34)19-25(31-26)35-17-15-33(16-18-35)23-7-3-1-4-8-23/h1,3-4,7-12,19H,2,5-6,13-18,20H2,(H2,29,30,31,32,36). The van der Waals surface area contributed by atoms with Crippen LogP contribution in [0.25, 0.3) is 0 Å². The van der Waals surface area contributed by atoms with Crippen molar-refractivity contribution in [1.29, 1.82) is 0 Å². The van der Waals surface area contributed by atoms with Gasteiger partial charge in [-0.05, 0) is 61.3 Å². The molecular weight excluding hydrogens is 490 g/mol. The lowest BCUT2D eigenvalue weighted by Gasteiger charge is -2.37. The lowest BCUT2D eigenvalue weighted by molar-refractivity contribution is 0.573. The Morgan fingerprint density at radius 3 is 2.06 bits per heavy atom. The third-order valence-corrected chi connectivity index (χ3v) is 7.19. The number of thiocarbonyl (C=S) groups is 1. The molecule has 2 N–H and O–H groups in total. The molecular formula is C27H32ClN7S. The Morgan fingerprint density at radius 1 is 0.778 bits per heavy atom. The first-order chi connectivity index (χ1) is 17.6. The fraction of sp³-hybridized carbons (Fsp3) is 0.370. The number of halogens is 1. The molecule has 188 valence electrons. The van der Waals surface area contributed by atoms with E-state index in [1.165, 1.54) is 24.9 Å². The first-order valence-electron chi connectivity index (χ1n) is 12.6. The molecule has 0 spiro atoms.